The molecule has 1 amide bonds. The molecule has 3 N–H and O–H groups in total. The van der Waals surface area contributed by atoms with Crippen LogP contribution in [0.2, 0.25) is 0 Å². The van der Waals surface area contributed by atoms with E-state index in [1.54, 1.807) is 0 Å². The van der Waals surface area contributed by atoms with Crippen LogP contribution >= 0.6 is 11.3 Å². The molecule has 0 saturated heterocycles. The lowest BCUT2D eigenvalue weighted by atomic mass is 9.72. The molecule has 0 unspecified atom stereocenters. The molecule has 0 fully saturated rings. The van der Waals surface area contributed by atoms with Crippen LogP contribution in [0.4, 0.5) is 4.39 Å². The van der Waals surface area contributed by atoms with E-state index in [4.69, 9.17) is 9.76 Å². The maximum absolute atomic E-state index is 13.7. The number of hydrogen-bond donors (Lipinski definition) is 3. The third-order valence-corrected chi connectivity index (χ3v) is 4.56. The first kappa shape index (κ1) is 16.5. The van der Waals surface area contributed by atoms with Gasteiger partial charge in [-0.25, -0.2) is 9.18 Å². The van der Waals surface area contributed by atoms with E-state index in [-0.39, 0.29) is 24.5 Å². The maximum atomic E-state index is 13.7. The van der Waals surface area contributed by atoms with Gasteiger partial charge in [-0.2, -0.15) is 0 Å². The summed E-state index contributed by atoms with van der Waals surface area (Å²) in [4.78, 5) is 24.1. The van der Waals surface area contributed by atoms with E-state index < -0.39 is 30.4 Å². The van der Waals surface area contributed by atoms with Crippen LogP contribution < -0.4 is 9.97 Å². The predicted octanol–water partition coefficient (Wildman–Crippen LogP) is 1.27. The fourth-order valence-electron chi connectivity index (χ4n) is 2.59. The van der Waals surface area contributed by atoms with Crippen molar-refractivity contribution in [2.75, 3.05) is 0 Å². The van der Waals surface area contributed by atoms with Gasteiger partial charge in [-0.15, -0.1) is 11.3 Å². The first-order valence-electron chi connectivity index (χ1n) is 7.17. The molecule has 1 aromatic carbocycles. The zero-order valence-corrected chi connectivity index (χ0v) is 13.2. The van der Waals surface area contributed by atoms with Crippen LogP contribution in [0, 0.1) is 5.82 Å². The second-order valence-electron chi connectivity index (χ2n) is 5.36. The van der Waals surface area contributed by atoms with E-state index in [0.29, 0.717) is 5.56 Å². The summed E-state index contributed by atoms with van der Waals surface area (Å²) in [5.41, 5.74) is -0.199. The van der Waals surface area contributed by atoms with Gasteiger partial charge in [0.15, 0.2) is 0 Å². The standard InChI is InChI=1S/C15H13BFNO5S/c17-10-4-3-8-6-11(16(22)23-14(8)13(10)15(20)21)18-12(19)7-9-2-1-5-24-9/h1-5,11,22H,6-7H2,(H,18,19)(H,20,21)/t11-/m0/s1. The number of aromatic carboxylic acids is 1. The number of benzene rings is 1. The van der Waals surface area contributed by atoms with Crippen molar-refractivity contribution >= 4 is 30.3 Å². The fourth-order valence-corrected chi connectivity index (χ4v) is 3.29. The van der Waals surface area contributed by atoms with E-state index in [9.17, 15) is 19.0 Å². The number of nitrogens with one attached hydrogen (secondary N) is 1. The second-order valence-corrected chi connectivity index (χ2v) is 6.39. The van der Waals surface area contributed by atoms with Gasteiger partial charge in [0.1, 0.15) is 17.1 Å². The minimum absolute atomic E-state index is 0.146. The van der Waals surface area contributed by atoms with Crippen LogP contribution in [0.3, 0.4) is 0 Å². The average molecular weight is 349 g/mol. The molecular weight excluding hydrogens is 336 g/mol. The SMILES string of the molecule is O=C(Cc1cccs1)N[C@H]1Cc2ccc(F)c(C(=O)O)c2OB1O. The average Bonchev–Trinajstić information content (AvgIpc) is 3.00. The van der Waals surface area contributed by atoms with Crippen LogP contribution in [-0.2, 0) is 17.6 Å². The number of carboxylic acids is 1. The molecular formula is C15H13BFNO5S. The van der Waals surface area contributed by atoms with Gasteiger partial charge in [-0.05, 0) is 29.5 Å². The smallest absolute Gasteiger partial charge is 0.534 e. The molecule has 1 aliphatic rings. The highest BCUT2D eigenvalue weighted by Gasteiger charge is 2.38. The van der Waals surface area contributed by atoms with Crippen molar-refractivity contribution in [1.29, 1.82) is 0 Å². The Morgan fingerprint density at radius 2 is 2.21 bits per heavy atom. The van der Waals surface area contributed by atoms with E-state index in [1.807, 2.05) is 17.5 Å². The fraction of sp³-hybridized carbons (Fsp3) is 0.200. The summed E-state index contributed by atoms with van der Waals surface area (Å²) >= 11 is 1.45. The van der Waals surface area contributed by atoms with Crippen LogP contribution in [0.5, 0.6) is 5.75 Å². The summed E-state index contributed by atoms with van der Waals surface area (Å²) in [6.07, 6.45) is 0.324. The highest BCUT2D eigenvalue weighted by atomic mass is 32.1. The summed E-state index contributed by atoms with van der Waals surface area (Å²) in [5, 5.41) is 23.7. The second kappa shape index (κ2) is 6.62. The number of fused-ring (bicyclic) bond motifs is 1. The molecule has 1 aliphatic heterocycles. The molecule has 0 radical (unpaired) electrons. The molecule has 2 heterocycles. The van der Waals surface area contributed by atoms with Gasteiger partial charge in [0.05, 0.1) is 12.4 Å². The third-order valence-electron chi connectivity index (χ3n) is 3.69. The van der Waals surface area contributed by atoms with Crippen LogP contribution in [0.1, 0.15) is 20.8 Å². The molecule has 2 aromatic rings. The van der Waals surface area contributed by atoms with Crippen molar-refractivity contribution in [2.24, 2.45) is 0 Å². The number of hydrogen-bond acceptors (Lipinski definition) is 5. The van der Waals surface area contributed by atoms with Crippen molar-refractivity contribution < 1.29 is 28.8 Å². The Hall–Kier alpha value is -2.39. The highest BCUT2D eigenvalue weighted by Crippen LogP contribution is 2.32. The number of carbonyl (C=O) groups excluding carboxylic acids is 1. The van der Waals surface area contributed by atoms with E-state index in [0.717, 1.165) is 10.9 Å². The van der Waals surface area contributed by atoms with Gasteiger partial charge < -0.3 is 20.1 Å². The number of carboxylic acid groups (broad SMARTS) is 1. The molecule has 0 spiro atoms. The van der Waals surface area contributed by atoms with E-state index in [2.05, 4.69) is 5.32 Å². The van der Waals surface area contributed by atoms with Crippen molar-refractivity contribution in [3.05, 3.63) is 51.5 Å². The largest absolute Gasteiger partial charge is 0.547 e. The Morgan fingerprint density at radius 3 is 2.88 bits per heavy atom. The third kappa shape index (κ3) is 3.27. The topological polar surface area (TPSA) is 95.9 Å². The number of halogens is 1. The summed E-state index contributed by atoms with van der Waals surface area (Å²) in [7, 11) is -1.45. The van der Waals surface area contributed by atoms with Crippen molar-refractivity contribution in [3.8, 4) is 5.75 Å². The van der Waals surface area contributed by atoms with E-state index >= 15 is 0 Å². The molecule has 124 valence electrons. The summed E-state index contributed by atoms with van der Waals surface area (Å²) in [6, 6.07) is 6.09. The zero-order valence-electron chi connectivity index (χ0n) is 12.4. The lowest BCUT2D eigenvalue weighted by Crippen LogP contribution is -2.53. The van der Waals surface area contributed by atoms with Crippen molar-refractivity contribution in [1.82, 2.24) is 5.32 Å². The number of thiophene rings is 1. The summed E-state index contributed by atoms with van der Waals surface area (Å²) in [5.74, 6) is -3.63. The van der Waals surface area contributed by atoms with Gasteiger partial charge in [-0.1, -0.05) is 12.1 Å². The molecule has 0 bridgehead atoms. The van der Waals surface area contributed by atoms with Crippen molar-refractivity contribution in [2.45, 2.75) is 18.8 Å². The minimum atomic E-state index is -1.48. The minimum Gasteiger partial charge on any atom is -0.534 e. The lowest BCUT2D eigenvalue weighted by Gasteiger charge is -2.29. The first-order chi connectivity index (χ1) is 11.5. The van der Waals surface area contributed by atoms with E-state index in [1.165, 1.54) is 17.4 Å². The van der Waals surface area contributed by atoms with Crippen LogP contribution in [-0.4, -0.2) is 35.1 Å². The van der Waals surface area contributed by atoms with Crippen LogP contribution in [0.25, 0.3) is 0 Å². The van der Waals surface area contributed by atoms with Gasteiger partial charge >= 0.3 is 13.1 Å². The predicted molar refractivity (Wildman–Crippen MR) is 85.6 cm³/mol. The number of rotatable bonds is 4. The number of amides is 1. The monoisotopic (exact) mass is 349 g/mol. The molecule has 1 aromatic heterocycles. The molecule has 1 atom stereocenters. The molecule has 0 saturated carbocycles. The van der Waals surface area contributed by atoms with Crippen molar-refractivity contribution in [3.63, 3.8) is 0 Å². The molecule has 3 rings (SSSR count). The van der Waals surface area contributed by atoms with Gasteiger partial charge in [0.2, 0.25) is 5.91 Å². The Morgan fingerprint density at radius 1 is 1.42 bits per heavy atom. The van der Waals surface area contributed by atoms with Gasteiger partial charge in [-0.3, -0.25) is 4.79 Å². The van der Waals surface area contributed by atoms with Crippen LogP contribution in [0.15, 0.2) is 29.6 Å². The Bertz CT molecular complexity index is 782. The summed E-state index contributed by atoms with van der Waals surface area (Å²) < 4.78 is 18.8. The molecule has 0 aliphatic carbocycles. The quantitative estimate of drug-likeness (QED) is 0.723. The highest BCUT2D eigenvalue weighted by molar-refractivity contribution is 7.10. The van der Waals surface area contributed by atoms with Gasteiger partial charge in [0.25, 0.3) is 0 Å². The maximum Gasteiger partial charge on any atom is 0.547 e. The number of carbonyl (C=O) groups is 2. The lowest BCUT2D eigenvalue weighted by molar-refractivity contribution is -0.120. The first-order valence-corrected chi connectivity index (χ1v) is 8.05. The summed E-state index contributed by atoms with van der Waals surface area (Å²) in [6.45, 7) is 0. The Labute approximate surface area is 141 Å². The Kier molecular flexibility index (Phi) is 4.54. The van der Waals surface area contributed by atoms with Gasteiger partial charge in [0, 0.05) is 4.88 Å². The Balaban J connectivity index is 1.76. The molecule has 6 nitrogen and oxygen atoms in total. The normalized spacial score (nSPS) is 16.2. The molecule has 24 heavy (non-hydrogen) atoms. The zero-order chi connectivity index (χ0) is 17.3. The molecule has 9 heteroatoms.